The van der Waals surface area contributed by atoms with Crippen molar-refractivity contribution in [3.8, 4) is 11.5 Å². The molecule has 10 nitrogen and oxygen atoms in total. The molecule has 2 aromatic rings. The second-order valence-electron chi connectivity index (χ2n) is 3.99. The van der Waals surface area contributed by atoms with Crippen molar-refractivity contribution in [3.05, 3.63) is 72.8 Å². The van der Waals surface area contributed by atoms with Crippen molar-refractivity contribution in [1.82, 2.24) is 0 Å². The van der Waals surface area contributed by atoms with Crippen LogP contribution in [0.5, 0.6) is 11.5 Å². The van der Waals surface area contributed by atoms with Crippen molar-refractivity contribution < 1.29 is 19.5 Å². The van der Waals surface area contributed by atoms with Gasteiger partial charge in [-0.2, -0.15) is 0 Å². The Kier molecular flexibility index (Phi) is 3.93. The summed E-state index contributed by atoms with van der Waals surface area (Å²) in [6, 6.07) is 7.92. The van der Waals surface area contributed by atoms with E-state index in [9.17, 15) is 30.3 Å². The molecule has 0 atom stereocenters. The van der Waals surface area contributed by atoms with E-state index in [1.165, 1.54) is 18.2 Å². The van der Waals surface area contributed by atoms with Gasteiger partial charge in [0, 0.05) is 24.3 Å². The molecule has 0 aromatic heterocycles. The van der Waals surface area contributed by atoms with Crippen molar-refractivity contribution in [2.75, 3.05) is 0 Å². The van der Waals surface area contributed by atoms with Crippen LogP contribution in [0.25, 0.3) is 0 Å². The molecular weight excluding hydrogens is 298 g/mol. The van der Waals surface area contributed by atoms with E-state index in [4.69, 9.17) is 4.74 Å². The molecule has 0 aliphatic rings. The Morgan fingerprint density at radius 3 is 1.64 bits per heavy atom. The van der Waals surface area contributed by atoms with Crippen molar-refractivity contribution in [1.29, 1.82) is 0 Å². The molecule has 0 radical (unpaired) electrons. The first kappa shape index (κ1) is 14.8. The lowest BCUT2D eigenvalue weighted by molar-refractivity contribution is -0.395. The van der Waals surface area contributed by atoms with Gasteiger partial charge in [-0.15, -0.1) is 0 Å². The highest BCUT2D eigenvalue weighted by molar-refractivity contribution is 5.61. The van der Waals surface area contributed by atoms with Gasteiger partial charge in [0.1, 0.15) is 5.75 Å². The number of benzene rings is 2. The third kappa shape index (κ3) is 2.95. The van der Waals surface area contributed by atoms with Crippen LogP contribution < -0.4 is 4.74 Å². The lowest BCUT2D eigenvalue weighted by Gasteiger charge is -2.06. The molecule has 0 aliphatic carbocycles. The summed E-state index contributed by atoms with van der Waals surface area (Å²) in [6.07, 6.45) is 0. The minimum atomic E-state index is -0.812. The van der Waals surface area contributed by atoms with Gasteiger partial charge in [0.05, 0.1) is 14.8 Å². The zero-order valence-corrected chi connectivity index (χ0v) is 10.7. The molecule has 0 unspecified atom stereocenters. The highest BCUT2D eigenvalue weighted by Crippen LogP contribution is 2.39. The fourth-order valence-electron chi connectivity index (χ4n) is 1.66. The maximum Gasteiger partial charge on any atom is 0.318 e. The standard InChI is InChI=1S/C12H7N3O7/c16-13(17)8-4-6-9(7-5-8)22-12-10(14(18)19)2-1-3-11(12)15(20)21/h1-7H. The molecule has 0 heterocycles. The maximum atomic E-state index is 10.9. The highest BCUT2D eigenvalue weighted by Gasteiger charge is 2.27. The monoisotopic (exact) mass is 305 g/mol. The molecule has 0 bridgehead atoms. The number of ether oxygens (including phenoxy) is 1. The predicted octanol–water partition coefficient (Wildman–Crippen LogP) is 3.20. The summed E-state index contributed by atoms with van der Waals surface area (Å²) in [5.41, 5.74) is -1.36. The normalized spacial score (nSPS) is 10.0. The van der Waals surface area contributed by atoms with Gasteiger partial charge in [-0.05, 0) is 18.2 Å². The number of rotatable bonds is 5. The number of non-ortho nitro benzene ring substituents is 1. The molecule has 0 saturated carbocycles. The van der Waals surface area contributed by atoms with Crippen LogP contribution in [-0.2, 0) is 0 Å². The Morgan fingerprint density at radius 1 is 0.727 bits per heavy atom. The molecule has 22 heavy (non-hydrogen) atoms. The van der Waals surface area contributed by atoms with Crippen molar-refractivity contribution >= 4 is 17.1 Å². The largest absolute Gasteiger partial charge is 0.444 e. The number of nitro groups is 3. The molecule has 0 amide bonds. The Balaban J connectivity index is 2.45. The number of hydrogen-bond donors (Lipinski definition) is 0. The van der Waals surface area contributed by atoms with Gasteiger partial charge in [0.2, 0.25) is 0 Å². The van der Waals surface area contributed by atoms with E-state index in [0.29, 0.717) is 0 Å². The number of para-hydroxylation sites is 1. The molecule has 0 N–H and O–H groups in total. The van der Waals surface area contributed by atoms with Crippen LogP contribution in [0.4, 0.5) is 17.1 Å². The molecule has 0 aliphatic heterocycles. The van der Waals surface area contributed by atoms with Crippen molar-refractivity contribution in [3.63, 3.8) is 0 Å². The van der Waals surface area contributed by atoms with Crippen LogP contribution in [0.1, 0.15) is 0 Å². The fraction of sp³-hybridized carbons (Fsp3) is 0. The first-order valence-electron chi connectivity index (χ1n) is 5.74. The van der Waals surface area contributed by atoms with E-state index >= 15 is 0 Å². The number of nitrogens with zero attached hydrogens (tertiary/aromatic N) is 3. The Hall–Kier alpha value is -3.56. The summed E-state index contributed by atoms with van der Waals surface area (Å²) < 4.78 is 5.19. The third-order valence-electron chi connectivity index (χ3n) is 2.63. The Labute approximate surface area is 122 Å². The summed E-state index contributed by atoms with van der Waals surface area (Å²) in [4.78, 5) is 30.2. The minimum absolute atomic E-state index is 0.00278. The Morgan fingerprint density at radius 2 is 1.23 bits per heavy atom. The maximum absolute atomic E-state index is 10.9. The summed E-state index contributed by atoms with van der Waals surface area (Å²) in [7, 11) is 0. The number of hydrogen-bond acceptors (Lipinski definition) is 7. The molecule has 112 valence electrons. The summed E-state index contributed by atoms with van der Waals surface area (Å²) in [5, 5.41) is 32.4. The van der Waals surface area contributed by atoms with E-state index in [1.54, 1.807) is 0 Å². The van der Waals surface area contributed by atoms with Gasteiger partial charge >= 0.3 is 11.4 Å². The fourth-order valence-corrected chi connectivity index (χ4v) is 1.66. The summed E-state index contributed by atoms with van der Waals surface area (Å²) in [5.74, 6) is -0.533. The Bertz CT molecular complexity index is 726. The summed E-state index contributed by atoms with van der Waals surface area (Å²) >= 11 is 0. The van der Waals surface area contributed by atoms with E-state index in [-0.39, 0.29) is 11.4 Å². The smallest absolute Gasteiger partial charge is 0.318 e. The van der Waals surface area contributed by atoms with Crippen molar-refractivity contribution in [2.24, 2.45) is 0 Å². The van der Waals surface area contributed by atoms with E-state index in [0.717, 1.165) is 24.3 Å². The highest BCUT2D eigenvalue weighted by atomic mass is 16.6. The van der Waals surface area contributed by atoms with Crippen LogP contribution in [0.2, 0.25) is 0 Å². The SMILES string of the molecule is O=[N+]([O-])c1ccc(Oc2c([N+](=O)[O-])cccc2[N+](=O)[O-])cc1. The molecule has 10 heteroatoms. The van der Waals surface area contributed by atoms with Gasteiger partial charge in [0.25, 0.3) is 11.4 Å². The predicted molar refractivity (Wildman–Crippen MR) is 72.9 cm³/mol. The van der Waals surface area contributed by atoms with Crippen LogP contribution in [-0.4, -0.2) is 14.8 Å². The minimum Gasteiger partial charge on any atom is -0.444 e. The average Bonchev–Trinajstić information content (AvgIpc) is 2.47. The van der Waals surface area contributed by atoms with E-state index in [1.807, 2.05) is 0 Å². The number of nitro benzene ring substituents is 3. The lowest BCUT2D eigenvalue weighted by Crippen LogP contribution is -1.98. The first-order valence-corrected chi connectivity index (χ1v) is 5.74. The van der Waals surface area contributed by atoms with Gasteiger partial charge in [-0.3, -0.25) is 30.3 Å². The quantitative estimate of drug-likeness (QED) is 0.610. The van der Waals surface area contributed by atoms with E-state index < -0.39 is 31.9 Å². The van der Waals surface area contributed by atoms with Gasteiger partial charge in [-0.1, -0.05) is 0 Å². The zero-order chi connectivity index (χ0) is 16.3. The second kappa shape index (κ2) is 5.83. The lowest BCUT2D eigenvalue weighted by atomic mass is 10.2. The molecule has 0 fully saturated rings. The second-order valence-corrected chi connectivity index (χ2v) is 3.99. The van der Waals surface area contributed by atoms with Gasteiger partial charge in [-0.25, -0.2) is 0 Å². The first-order chi connectivity index (χ1) is 10.4. The molecule has 0 saturated heterocycles. The molecular formula is C12H7N3O7. The molecule has 0 spiro atoms. The van der Waals surface area contributed by atoms with Crippen LogP contribution in [0, 0.1) is 30.3 Å². The molecule has 2 aromatic carbocycles. The topological polar surface area (TPSA) is 139 Å². The van der Waals surface area contributed by atoms with Crippen LogP contribution >= 0.6 is 0 Å². The summed E-state index contributed by atoms with van der Waals surface area (Å²) in [6.45, 7) is 0. The van der Waals surface area contributed by atoms with E-state index in [2.05, 4.69) is 0 Å². The third-order valence-corrected chi connectivity index (χ3v) is 2.63. The van der Waals surface area contributed by atoms with Gasteiger partial charge in [0.15, 0.2) is 0 Å². The van der Waals surface area contributed by atoms with Gasteiger partial charge < -0.3 is 4.74 Å². The molecule has 2 rings (SSSR count). The average molecular weight is 305 g/mol. The zero-order valence-electron chi connectivity index (χ0n) is 10.7. The van der Waals surface area contributed by atoms with Crippen LogP contribution in [0.15, 0.2) is 42.5 Å². The van der Waals surface area contributed by atoms with Crippen molar-refractivity contribution in [2.45, 2.75) is 0 Å². The van der Waals surface area contributed by atoms with Crippen LogP contribution in [0.3, 0.4) is 0 Å².